The molecule has 0 amide bonds. The summed E-state index contributed by atoms with van der Waals surface area (Å²) < 4.78 is 19.3. The molecule has 0 heterocycles. The second-order valence-corrected chi connectivity index (χ2v) is 4.87. The standard InChI is InChI=1S/C14H26O6/c1-5-12(7-6-9-18-13(15)17-4)20-14(16)19-10-8-11(2)3/h11-12H,5-10H2,1-4H3. The monoisotopic (exact) mass is 290 g/mol. The van der Waals surface area contributed by atoms with Gasteiger partial charge in [0.1, 0.15) is 6.10 Å². The molecule has 0 spiro atoms. The van der Waals surface area contributed by atoms with Crippen molar-refractivity contribution in [3.8, 4) is 0 Å². The Hall–Kier alpha value is -1.46. The predicted molar refractivity (Wildman–Crippen MR) is 73.6 cm³/mol. The Morgan fingerprint density at radius 3 is 2.20 bits per heavy atom. The fraction of sp³-hybridized carbons (Fsp3) is 0.857. The average molecular weight is 290 g/mol. The fourth-order valence-electron chi connectivity index (χ4n) is 1.42. The van der Waals surface area contributed by atoms with Gasteiger partial charge in [0.05, 0.1) is 20.3 Å². The number of rotatable bonds is 9. The van der Waals surface area contributed by atoms with E-state index >= 15 is 0 Å². The van der Waals surface area contributed by atoms with Crippen LogP contribution in [0.25, 0.3) is 0 Å². The Bertz CT molecular complexity index is 277. The van der Waals surface area contributed by atoms with E-state index in [1.54, 1.807) is 0 Å². The molecule has 0 saturated carbocycles. The van der Waals surface area contributed by atoms with E-state index in [-0.39, 0.29) is 12.7 Å². The molecule has 0 aromatic carbocycles. The first kappa shape index (κ1) is 18.5. The fourth-order valence-corrected chi connectivity index (χ4v) is 1.42. The van der Waals surface area contributed by atoms with Gasteiger partial charge in [-0.25, -0.2) is 9.59 Å². The van der Waals surface area contributed by atoms with E-state index in [1.807, 2.05) is 6.92 Å². The van der Waals surface area contributed by atoms with Crippen molar-refractivity contribution in [1.29, 1.82) is 0 Å². The molecule has 0 aromatic rings. The third-order valence-corrected chi connectivity index (χ3v) is 2.69. The van der Waals surface area contributed by atoms with Crippen LogP contribution in [-0.2, 0) is 18.9 Å². The van der Waals surface area contributed by atoms with Gasteiger partial charge in [0.2, 0.25) is 0 Å². The van der Waals surface area contributed by atoms with Gasteiger partial charge in [-0.3, -0.25) is 0 Å². The van der Waals surface area contributed by atoms with Crippen LogP contribution >= 0.6 is 0 Å². The smallest absolute Gasteiger partial charge is 0.438 e. The molecular formula is C14H26O6. The molecule has 0 aliphatic rings. The summed E-state index contributed by atoms with van der Waals surface area (Å²) in [6.07, 6.45) is 1.18. The van der Waals surface area contributed by atoms with Gasteiger partial charge in [0, 0.05) is 0 Å². The summed E-state index contributed by atoms with van der Waals surface area (Å²) in [5, 5.41) is 0. The number of methoxy groups -OCH3 is 1. The molecule has 0 N–H and O–H groups in total. The topological polar surface area (TPSA) is 71.1 Å². The highest BCUT2D eigenvalue weighted by atomic mass is 16.7. The minimum atomic E-state index is -0.702. The van der Waals surface area contributed by atoms with Gasteiger partial charge in [-0.05, 0) is 31.6 Å². The molecule has 6 heteroatoms. The Morgan fingerprint density at radius 2 is 1.65 bits per heavy atom. The Balaban J connectivity index is 3.74. The van der Waals surface area contributed by atoms with Crippen LogP contribution in [0, 0.1) is 5.92 Å². The first-order chi connectivity index (χ1) is 9.49. The van der Waals surface area contributed by atoms with Crippen LogP contribution in [0.5, 0.6) is 0 Å². The van der Waals surface area contributed by atoms with Gasteiger partial charge >= 0.3 is 12.3 Å². The molecule has 6 nitrogen and oxygen atoms in total. The van der Waals surface area contributed by atoms with Crippen LogP contribution in [0.1, 0.15) is 46.5 Å². The summed E-state index contributed by atoms with van der Waals surface area (Å²) in [6, 6.07) is 0. The molecule has 1 unspecified atom stereocenters. The first-order valence-corrected chi connectivity index (χ1v) is 7.03. The molecule has 0 aliphatic heterocycles. The lowest BCUT2D eigenvalue weighted by molar-refractivity contribution is 0.0133. The van der Waals surface area contributed by atoms with E-state index in [4.69, 9.17) is 14.2 Å². The molecule has 0 saturated heterocycles. The van der Waals surface area contributed by atoms with Gasteiger partial charge in [-0.1, -0.05) is 20.8 Å². The van der Waals surface area contributed by atoms with Gasteiger partial charge in [0.25, 0.3) is 0 Å². The summed E-state index contributed by atoms with van der Waals surface area (Å²) in [6.45, 7) is 6.66. The second kappa shape index (κ2) is 11.4. The minimum absolute atomic E-state index is 0.220. The highest BCUT2D eigenvalue weighted by Crippen LogP contribution is 2.09. The normalized spacial score (nSPS) is 11.8. The van der Waals surface area contributed by atoms with Crippen molar-refractivity contribution in [2.24, 2.45) is 5.92 Å². The maximum Gasteiger partial charge on any atom is 0.508 e. The van der Waals surface area contributed by atoms with E-state index in [1.165, 1.54) is 7.11 Å². The van der Waals surface area contributed by atoms with Gasteiger partial charge in [-0.15, -0.1) is 0 Å². The number of hydrogen-bond donors (Lipinski definition) is 0. The number of carbonyl (C=O) groups excluding carboxylic acids is 2. The SMILES string of the molecule is CCC(CCCOC(=O)OC)OC(=O)OCCC(C)C. The lowest BCUT2D eigenvalue weighted by Crippen LogP contribution is -2.20. The Morgan fingerprint density at radius 1 is 1.00 bits per heavy atom. The van der Waals surface area contributed by atoms with Crippen molar-refractivity contribution >= 4 is 12.3 Å². The molecule has 0 rings (SSSR count). The van der Waals surface area contributed by atoms with Crippen molar-refractivity contribution in [2.45, 2.75) is 52.6 Å². The summed E-state index contributed by atoms with van der Waals surface area (Å²) in [7, 11) is 1.26. The highest BCUT2D eigenvalue weighted by Gasteiger charge is 2.14. The first-order valence-electron chi connectivity index (χ1n) is 7.03. The van der Waals surface area contributed by atoms with Crippen molar-refractivity contribution in [2.75, 3.05) is 20.3 Å². The molecule has 0 aromatic heterocycles. The zero-order valence-electron chi connectivity index (χ0n) is 12.8. The van der Waals surface area contributed by atoms with E-state index in [0.717, 1.165) is 6.42 Å². The third kappa shape index (κ3) is 10.5. The summed E-state index contributed by atoms with van der Waals surface area (Å²) in [5.74, 6) is 0.486. The van der Waals surface area contributed by atoms with E-state index in [9.17, 15) is 9.59 Å². The van der Waals surface area contributed by atoms with Gasteiger partial charge in [0.15, 0.2) is 0 Å². The van der Waals surface area contributed by atoms with Crippen LogP contribution in [0.4, 0.5) is 9.59 Å². The number of hydrogen-bond acceptors (Lipinski definition) is 6. The summed E-state index contributed by atoms with van der Waals surface area (Å²) >= 11 is 0. The van der Waals surface area contributed by atoms with Crippen LogP contribution < -0.4 is 0 Å². The molecule has 0 aliphatic carbocycles. The zero-order chi connectivity index (χ0) is 15.4. The molecule has 0 radical (unpaired) electrons. The summed E-state index contributed by atoms with van der Waals surface area (Å²) in [5.41, 5.74) is 0. The van der Waals surface area contributed by atoms with Crippen molar-refractivity contribution in [1.82, 2.24) is 0 Å². The van der Waals surface area contributed by atoms with E-state index in [2.05, 4.69) is 18.6 Å². The van der Waals surface area contributed by atoms with Crippen LogP contribution in [-0.4, -0.2) is 38.7 Å². The molecule has 1 atom stereocenters. The van der Waals surface area contributed by atoms with Crippen LogP contribution in [0.3, 0.4) is 0 Å². The van der Waals surface area contributed by atoms with Gasteiger partial charge in [-0.2, -0.15) is 0 Å². The maximum absolute atomic E-state index is 11.4. The largest absolute Gasteiger partial charge is 0.508 e. The lowest BCUT2D eigenvalue weighted by Gasteiger charge is -2.16. The van der Waals surface area contributed by atoms with Crippen LogP contribution in [0.2, 0.25) is 0 Å². The number of carbonyl (C=O) groups is 2. The zero-order valence-corrected chi connectivity index (χ0v) is 12.8. The van der Waals surface area contributed by atoms with E-state index < -0.39 is 12.3 Å². The summed E-state index contributed by atoms with van der Waals surface area (Å²) in [4.78, 5) is 22.2. The quantitative estimate of drug-likeness (QED) is 0.478. The third-order valence-electron chi connectivity index (χ3n) is 2.69. The van der Waals surface area contributed by atoms with Crippen molar-refractivity contribution in [3.05, 3.63) is 0 Å². The molecule has 118 valence electrons. The molecular weight excluding hydrogens is 264 g/mol. The molecule has 0 bridgehead atoms. The van der Waals surface area contributed by atoms with Crippen LogP contribution in [0.15, 0.2) is 0 Å². The molecule has 0 fully saturated rings. The number of ether oxygens (including phenoxy) is 4. The average Bonchev–Trinajstić information content (AvgIpc) is 2.41. The predicted octanol–water partition coefficient (Wildman–Crippen LogP) is 3.53. The van der Waals surface area contributed by atoms with E-state index in [0.29, 0.717) is 31.8 Å². The van der Waals surface area contributed by atoms with Crippen molar-refractivity contribution < 1.29 is 28.5 Å². The van der Waals surface area contributed by atoms with Gasteiger partial charge < -0.3 is 18.9 Å². The Kier molecular flexibility index (Phi) is 10.5. The Labute approximate surface area is 120 Å². The molecule has 20 heavy (non-hydrogen) atoms. The minimum Gasteiger partial charge on any atom is -0.438 e. The van der Waals surface area contributed by atoms with Crippen molar-refractivity contribution in [3.63, 3.8) is 0 Å². The lowest BCUT2D eigenvalue weighted by atomic mass is 10.1. The second-order valence-electron chi connectivity index (χ2n) is 4.87. The highest BCUT2D eigenvalue weighted by molar-refractivity contribution is 5.60. The maximum atomic E-state index is 11.4.